The lowest BCUT2D eigenvalue weighted by molar-refractivity contribution is -0.195. The van der Waals surface area contributed by atoms with Crippen molar-refractivity contribution in [1.82, 2.24) is 24.7 Å². The molecule has 2 aliphatic rings. The van der Waals surface area contributed by atoms with E-state index in [1.54, 1.807) is 16.7 Å². The normalized spacial score (nSPS) is 27.5. The van der Waals surface area contributed by atoms with E-state index >= 15 is 0 Å². The number of carbonyl (C=O) groups excluding carboxylic acids is 2. The topological polar surface area (TPSA) is 111 Å². The maximum atomic E-state index is 13.7. The summed E-state index contributed by atoms with van der Waals surface area (Å²) >= 11 is 1.00. The number of piperazine rings is 1. The third-order valence-electron chi connectivity index (χ3n) is 5.59. The van der Waals surface area contributed by atoms with E-state index in [9.17, 15) is 28.0 Å². The molecule has 1 amide bonds. The minimum atomic E-state index is -4.68. The molecular weight excluding hydrogens is 437 g/mol. The summed E-state index contributed by atoms with van der Waals surface area (Å²) in [4.78, 5) is 28.5. The average molecular weight is 460 g/mol. The van der Waals surface area contributed by atoms with Crippen molar-refractivity contribution >= 4 is 23.4 Å². The monoisotopic (exact) mass is 460 g/mol. The van der Waals surface area contributed by atoms with Crippen molar-refractivity contribution in [2.45, 2.75) is 38.7 Å². The summed E-state index contributed by atoms with van der Waals surface area (Å²) in [6.07, 6.45) is -5.81. The number of aryl methyl sites for hydroxylation is 1. The average Bonchev–Trinajstić information content (AvgIpc) is 3.17. The number of hydrogen-bond donors (Lipinski definition) is 1. The van der Waals surface area contributed by atoms with Gasteiger partial charge in [0.1, 0.15) is 10.9 Å². The number of nitrogens with zero attached hydrogens (tertiary/aromatic N) is 5. The SMILES string of the molecule is CCOC(=O)C1CC(C#N)C(N2CCN(C(=O)c3snnc3C)CC2)NC1C(F)(F)F. The van der Waals surface area contributed by atoms with E-state index in [0.717, 1.165) is 11.5 Å². The van der Waals surface area contributed by atoms with Crippen LogP contribution in [-0.2, 0) is 9.53 Å². The summed E-state index contributed by atoms with van der Waals surface area (Å²) in [5.74, 6) is -3.48. The highest BCUT2D eigenvalue weighted by molar-refractivity contribution is 7.07. The second-order valence-electron chi connectivity index (χ2n) is 7.48. The summed E-state index contributed by atoms with van der Waals surface area (Å²) < 4.78 is 49.6. The number of amides is 1. The quantitative estimate of drug-likeness (QED) is 0.667. The van der Waals surface area contributed by atoms with E-state index in [-0.39, 0.29) is 18.9 Å². The standard InChI is InChI=1S/C18H23F3N6O3S/c1-3-30-17(29)12-8-11(9-22)15(23-14(12)18(19,20)21)26-4-6-27(7-5-26)16(28)13-10(2)24-25-31-13/h11-12,14-15,23H,3-8H2,1-2H3. The van der Waals surface area contributed by atoms with Crippen LogP contribution in [0.2, 0.25) is 0 Å². The zero-order valence-electron chi connectivity index (χ0n) is 17.1. The minimum absolute atomic E-state index is 0.0364. The first-order chi connectivity index (χ1) is 14.7. The fraction of sp³-hybridized carbons (Fsp3) is 0.722. The number of ether oxygens (including phenoxy) is 1. The Morgan fingerprint density at radius 2 is 2.00 bits per heavy atom. The van der Waals surface area contributed by atoms with Crippen molar-refractivity contribution in [3.8, 4) is 6.07 Å². The maximum absolute atomic E-state index is 13.7. The Bertz CT molecular complexity index is 849. The molecule has 2 saturated heterocycles. The Balaban J connectivity index is 1.71. The van der Waals surface area contributed by atoms with Crippen LogP contribution in [0, 0.1) is 30.1 Å². The number of piperidine rings is 1. The van der Waals surface area contributed by atoms with E-state index < -0.39 is 36.2 Å². The third-order valence-corrected chi connectivity index (χ3v) is 6.41. The van der Waals surface area contributed by atoms with Crippen LogP contribution in [0.3, 0.4) is 0 Å². The van der Waals surface area contributed by atoms with Crippen LogP contribution in [0.5, 0.6) is 0 Å². The van der Waals surface area contributed by atoms with Crippen LogP contribution in [0.15, 0.2) is 0 Å². The van der Waals surface area contributed by atoms with Gasteiger partial charge in [0, 0.05) is 26.2 Å². The van der Waals surface area contributed by atoms with E-state index in [2.05, 4.69) is 14.9 Å². The fourth-order valence-electron chi connectivity index (χ4n) is 4.02. The van der Waals surface area contributed by atoms with E-state index in [0.29, 0.717) is 36.8 Å². The van der Waals surface area contributed by atoms with E-state index in [1.165, 1.54) is 6.92 Å². The smallest absolute Gasteiger partial charge is 0.404 e. The first-order valence-corrected chi connectivity index (χ1v) is 10.7. The minimum Gasteiger partial charge on any atom is -0.466 e. The molecule has 0 bridgehead atoms. The molecule has 3 heterocycles. The van der Waals surface area contributed by atoms with Gasteiger partial charge in [-0.25, -0.2) is 0 Å². The first kappa shape index (κ1) is 23.4. The molecule has 1 aromatic rings. The summed E-state index contributed by atoms with van der Waals surface area (Å²) in [7, 11) is 0. The number of rotatable bonds is 4. The lowest BCUT2D eigenvalue weighted by Gasteiger charge is -2.46. The summed E-state index contributed by atoms with van der Waals surface area (Å²) in [5, 5.41) is 15.9. The number of aromatic nitrogens is 2. The molecule has 0 saturated carbocycles. The highest BCUT2D eigenvalue weighted by Gasteiger charge is 2.54. The van der Waals surface area contributed by atoms with Crippen molar-refractivity contribution in [2.75, 3.05) is 32.8 Å². The van der Waals surface area contributed by atoms with Crippen molar-refractivity contribution in [1.29, 1.82) is 5.26 Å². The molecule has 170 valence electrons. The summed E-state index contributed by atoms with van der Waals surface area (Å²) in [5.41, 5.74) is 0.536. The van der Waals surface area contributed by atoms with Crippen molar-refractivity contribution in [3.05, 3.63) is 10.6 Å². The zero-order chi connectivity index (χ0) is 22.8. The van der Waals surface area contributed by atoms with E-state index in [1.807, 2.05) is 6.07 Å². The molecule has 0 aromatic carbocycles. The number of halogens is 3. The lowest BCUT2D eigenvalue weighted by Crippen LogP contribution is -2.67. The molecule has 3 rings (SSSR count). The molecule has 2 fully saturated rings. The van der Waals surface area contributed by atoms with Crippen LogP contribution in [-0.4, -0.2) is 82.4 Å². The zero-order valence-corrected chi connectivity index (χ0v) is 17.9. The lowest BCUT2D eigenvalue weighted by atomic mass is 9.82. The predicted molar refractivity (Wildman–Crippen MR) is 103 cm³/mol. The second-order valence-corrected chi connectivity index (χ2v) is 8.23. The number of alkyl halides is 3. The van der Waals surface area contributed by atoms with Crippen molar-refractivity contribution < 1.29 is 27.5 Å². The van der Waals surface area contributed by atoms with Gasteiger partial charge in [-0.3, -0.25) is 19.8 Å². The second kappa shape index (κ2) is 9.46. The Labute approximate surface area is 181 Å². The molecule has 4 atom stereocenters. The molecule has 2 aliphatic heterocycles. The van der Waals surface area contributed by atoms with Gasteiger partial charge in [0.2, 0.25) is 0 Å². The number of esters is 1. The Morgan fingerprint density at radius 3 is 2.52 bits per heavy atom. The van der Waals surface area contributed by atoms with Gasteiger partial charge < -0.3 is 9.64 Å². The first-order valence-electron chi connectivity index (χ1n) is 9.88. The van der Waals surface area contributed by atoms with Gasteiger partial charge in [0.25, 0.3) is 5.91 Å². The molecule has 4 unspecified atom stereocenters. The Morgan fingerprint density at radius 1 is 1.32 bits per heavy atom. The van der Waals surface area contributed by atoms with E-state index in [4.69, 9.17) is 4.74 Å². The van der Waals surface area contributed by atoms with Crippen molar-refractivity contribution in [3.63, 3.8) is 0 Å². The van der Waals surface area contributed by atoms with Crippen LogP contribution >= 0.6 is 11.5 Å². The van der Waals surface area contributed by atoms with Gasteiger partial charge in [0.15, 0.2) is 0 Å². The van der Waals surface area contributed by atoms with Crippen LogP contribution < -0.4 is 5.32 Å². The van der Waals surface area contributed by atoms with Gasteiger partial charge in [-0.05, 0) is 31.8 Å². The highest BCUT2D eigenvalue weighted by Crippen LogP contribution is 2.36. The van der Waals surface area contributed by atoms with Gasteiger partial charge in [-0.2, -0.15) is 18.4 Å². The van der Waals surface area contributed by atoms with Gasteiger partial charge in [-0.1, -0.05) is 4.49 Å². The molecule has 13 heteroatoms. The maximum Gasteiger partial charge on any atom is 0.404 e. The van der Waals surface area contributed by atoms with Crippen molar-refractivity contribution in [2.24, 2.45) is 11.8 Å². The largest absolute Gasteiger partial charge is 0.466 e. The highest BCUT2D eigenvalue weighted by atomic mass is 32.1. The molecule has 1 aromatic heterocycles. The summed E-state index contributed by atoms with van der Waals surface area (Å²) in [6.45, 7) is 4.35. The number of hydrogen-bond acceptors (Lipinski definition) is 9. The fourth-order valence-corrected chi connectivity index (χ4v) is 4.64. The van der Waals surface area contributed by atoms with Crippen LogP contribution in [0.4, 0.5) is 13.2 Å². The molecule has 0 aliphatic carbocycles. The molecule has 1 N–H and O–H groups in total. The molecule has 0 spiro atoms. The van der Waals surface area contributed by atoms with Gasteiger partial charge >= 0.3 is 12.1 Å². The number of nitriles is 1. The molecular formula is C18H23F3N6O3S. The van der Waals surface area contributed by atoms with Gasteiger partial charge in [-0.15, -0.1) is 5.10 Å². The number of carbonyl (C=O) groups is 2. The molecule has 9 nitrogen and oxygen atoms in total. The summed E-state index contributed by atoms with van der Waals surface area (Å²) in [6, 6.07) is -0.0655. The Kier molecular flexibility index (Phi) is 7.13. The van der Waals surface area contributed by atoms with Gasteiger partial charge in [0.05, 0.1) is 36.4 Å². The predicted octanol–water partition coefficient (Wildman–Crippen LogP) is 1.17. The van der Waals surface area contributed by atoms with Crippen LogP contribution in [0.25, 0.3) is 0 Å². The third kappa shape index (κ3) is 4.97. The molecule has 31 heavy (non-hydrogen) atoms. The Hall–Kier alpha value is -2.30. The molecule has 0 radical (unpaired) electrons. The number of nitrogens with one attached hydrogen (secondary N) is 1. The van der Waals surface area contributed by atoms with Crippen LogP contribution in [0.1, 0.15) is 28.7 Å².